The zero-order valence-electron chi connectivity index (χ0n) is 16.7. The molecule has 0 aromatic heterocycles. The summed E-state index contributed by atoms with van der Waals surface area (Å²) in [7, 11) is 0. The normalized spacial score (nSPS) is 22.9. The van der Waals surface area contributed by atoms with Crippen molar-refractivity contribution in [3.8, 4) is 0 Å². The number of ether oxygens (including phenoxy) is 1. The second kappa shape index (κ2) is 8.44. The summed E-state index contributed by atoms with van der Waals surface area (Å²) >= 11 is 1.56. The lowest BCUT2D eigenvalue weighted by atomic mass is 10.1. The third-order valence-electron chi connectivity index (χ3n) is 5.25. The number of esters is 1. The maximum absolute atomic E-state index is 12.3. The Morgan fingerprint density at radius 2 is 1.93 bits per heavy atom. The first-order valence-corrected chi connectivity index (χ1v) is 10.5. The van der Waals surface area contributed by atoms with E-state index in [0.29, 0.717) is 18.6 Å². The summed E-state index contributed by atoms with van der Waals surface area (Å²) in [5.41, 5.74) is 2.57. The summed E-state index contributed by atoms with van der Waals surface area (Å²) in [4.78, 5) is 49.7. The minimum Gasteiger partial charge on any atom is -0.454 e. The number of nitrogens with zero attached hydrogens (tertiary/aromatic N) is 1. The Labute approximate surface area is 173 Å². The van der Waals surface area contributed by atoms with Gasteiger partial charge >= 0.3 is 5.97 Å². The van der Waals surface area contributed by atoms with Crippen molar-refractivity contribution in [3.05, 3.63) is 29.3 Å². The lowest BCUT2D eigenvalue weighted by molar-refractivity contribution is -0.156. The van der Waals surface area contributed by atoms with Crippen LogP contribution in [-0.2, 0) is 23.9 Å². The van der Waals surface area contributed by atoms with E-state index in [1.807, 2.05) is 39.0 Å². The molecule has 29 heavy (non-hydrogen) atoms. The van der Waals surface area contributed by atoms with E-state index >= 15 is 0 Å². The van der Waals surface area contributed by atoms with Crippen molar-refractivity contribution in [2.45, 2.75) is 44.5 Å². The average molecular weight is 420 g/mol. The molecule has 156 valence electrons. The lowest BCUT2D eigenvalue weighted by Crippen LogP contribution is -2.47. The summed E-state index contributed by atoms with van der Waals surface area (Å²) in [6.07, 6.45) is 1.12. The molecule has 8 nitrogen and oxygen atoms in total. The van der Waals surface area contributed by atoms with E-state index in [1.165, 1.54) is 0 Å². The Balaban J connectivity index is 1.44. The number of thioether (sulfide) groups is 1. The van der Waals surface area contributed by atoms with Crippen molar-refractivity contribution in [1.82, 2.24) is 10.2 Å². The fourth-order valence-electron chi connectivity index (χ4n) is 3.65. The van der Waals surface area contributed by atoms with Crippen LogP contribution in [0, 0.1) is 13.8 Å². The van der Waals surface area contributed by atoms with Crippen molar-refractivity contribution >= 4 is 41.1 Å². The van der Waals surface area contributed by atoms with E-state index < -0.39 is 24.5 Å². The number of fused-ring (bicyclic) bond motifs is 1. The number of aryl methyl sites for hydroxylation is 2. The van der Waals surface area contributed by atoms with Crippen molar-refractivity contribution in [1.29, 1.82) is 0 Å². The highest BCUT2D eigenvalue weighted by Gasteiger charge is 2.53. The fourth-order valence-corrected chi connectivity index (χ4v) is 5.07. The van der Waals surface area contributed by atoms with Gasteiger partial charge in [-0.2, -0.15) is 0 Å². The smallest absolute Gasteiger partial charge is 0.330 e. The van der Waals surface area contributed by atoms with Crippen LogP contribution in [-0.4, -0.2) is 58.4 Å². The standard InChI is InChI=1S/C20H25N3O5S/c1-12-5-4-6-13(2)18(12)22-15(24)9-21-16(25)10-28-19(27)14-11-29-20(3)8-7-17(26)23(14)20/h4-6,14H,7-11H2,1-3H3,(H,21,25)(H,22,24)/t14-,20-/m0/s1. The Morgan fingerprint density at radius 3 is 2.62 bits per heavy atom. The summed E-state index contributed by atoms with van der Waals surface area (Å²) in [5.74, 6) is -1.14. The molecule has 3 rings (SSSR count). The Kier molecular flexibility index (Phi) is 6.16. The van der Waals surface area contributed by atoms with Gasteiger partial charge in [-0.25, -0.2) is 4.79 Å². The number of benzene rings is 1. The molecule has 2 saturated heterocycles. The highest BCUT2D eigenvalue weighted by Crippen LogP contribution is 2.47. The van der Waals surface area contributed by atoms with Gasteiger partial charge in [-0.3, -0.25) is 14.4 Å². The Bertz CT molecular complexity index is 838. The van der Waals surface area contributed by atoms with Gasteiger partial charge < -0.3 is 20.3 Å². The minimum atomic E-state index is -0.667. The molecule has 2 N–H and O–H groups in total. The molecule has 2 atom stereocenters. The molecule has 2 heterocycles. The number of nitrogens with one attached hydrogen (secondary N) is 2. The molecule has 0 unspecified atom stereocenters. The fraction of sp³-hybridized carbons (Fsp3) is 0.500. The van der Waals surface area contributed by atoms with Gasteiger partial charge in [0.1, 0.15) is 6.04 Å². The molecule has 0 radical (unpaired) electrons. The number of amides is 3. The predicted octanol–water partition coefficient (Wildman–Crippen LogP) is 1.36. The summed E-state index contributed by atoms with van der Waals surface area (Å²) in [5, 5.41) is 5.21. The van der Waals surface area contributed by atoms with Crippen molar-refractivity contribution < 1.29 is 23.9 Å². The largest absolute Gasteiger partial charge is 0.454 e. The molecule has 0 aliphatic carbocycles. The topological polar surface area (TPSA) is 105 Å². The van der Waals surface area contributed by atoms with Crippen molar-refractivity contribution in [2.75, 3.05) is 24.2 Å². The molecule has 3 amide bonds. The number of rotatable bonds is 6. The third-order valence-corrected chi connectivity index (χ3v) is 6.76. The van der Waals surface area contributed by atoms with Gasteiger partial charge in [0.25, 0.3) is 5.91 Å². The van der Waals surface area contributed by atoms with Gasteiger partial charge in [-0.15, -0.1) is 11.8 Å². The second-order valence-electron chi connectivity index (χ2n) is 7.46. The SMILES string of the molecule is Cc1cccc(C)c1NC(=O)CNC(=O)COC(=O)[C@@H]1CS[C@@]2(C)CCC(=O)N12. The third kappa shape index (κ3) is 4.55. The molecule has 2 fully saturated rings. The number of hydrogen-bond donors (Lipinski definition) is 2. The first kappa shape index (κ1) is 21.2. The predicted molar refractivity (Wildman–Crippen MR) is 109 cm³/mol. The average Bonchev–Trinajstić information content (AvgIpc) is 3.17. The molecule has 9 heteroatoms. The van der Waals surface area contributed by atoms with Crippen LogP contribution >= 0.6 is 11.8 Å². The first-order chi connectivity index (χ1) is 13.7. The van der Waals surface area contributed by atoms with E-state index in [1.54, 1.807) is 16.7 Å². The summed E-state index contributed by atoms with van der Waals surface area (Å²) in [6.45, 7) is 5.00. The van der Waals surface area contributed by atoms with Gasteiger partial charge in [0, 0.05) is 17.9 Å². The van der Waals surface area contributed by atoms with E-state index in [9.17, 15) is 19.2 Å². The summed E-state index contributed by atoms with van der Waals surface area (Å²) in [6, 6.07) is 5.01. The molecule has 0 saturated carbocycles. The number of anilines is 1. The van der Waals surface area contributed by atoms with Gasteiger partial charge in [0.15, 0.2) is 6.61 Å². The zero-order chi connectivity index (χ0) is 21.2. The summed E-state index contributed by atoms with van der Waals surface area (Å²) < 4.78 is 5.09. The van der Waals surface area contributed by atoms with Crippen LogP contribution in [0.15, 0.2) is 18.2 Å². The lowest BCUT2D eigenvalue weighted by Gasteiger charge is -2.29. The van der Waals surface area contributed by atoms with Crippen LogP contribution in [0.5, 0.6) is 0 Å². The molecule has 1 aromatic rings. The number of carbonyl (C=O) groups excluding carboxylic acids is 4. The van der Waals surface area contributed by atoms with Gasteiger partial charge in [-0.05, 0) is 38.3 Å². The van der Waals surface area contributed by atoms with E-state index in [4.69, 9.17) is 4.74 Å². The molecule has 1 aromatic carbocycles. The van der Waals surface area contributed by atoms with Crippen molar-refractivity contribution in [2.24, 2.45) is 0 Å². The number of hydrogen-bond acceptors (Lipinski definition) is 6. The van der Waals surface area contributed by atoms with E-state index in [2.05, 4.69) is 10.6 Å². The molecule has 0 spiro atoms. The molecule has 0 bridgehead atoms. The van der Waals surface area contributed by atoms with Crippen LogP contribution in [0.3, 0.4) is 0 Å². The minimum absolute atomic E-state index is 0.0629. The van der Waals surface area contributed by atoms with Crippen molar-refractivity contribution in [3.63, 3.8) is 0 Å². The Morgan fingerprint density at radius 1 is 1.24 bits per heavy atom. The second-order valence-corrected chi connectivity index (χ2v) is 8.97. The Hall–Kier alpha value is -2.55. The van der Waals surface area contributed by atoms with Gasteiger partial charge in [-0.1, -0.05) is 18.2 Å². The van der Waals surface area contributed by atoms with Gasteiger partial charge in [0.05, 0.1) is 11.4 Å². The van der Waals surface area contributed by atoms with E-state index in [0.717, 1.165) is 16.8 Å². The number of para-hydroxylation sites is 1. The quantitative estimate of drug-likeness (QED) is 0.675. The van der Waals surface area contributed by atoms with Crippen LogP contribution in [0.4, 0.5) is 5.69 Å². The van der Waals surface area contributed by atoms with Crippen LogP contribution in [0.2, 0.25) is 0 Å². The van der Waals surface area contributed by atoms with Crippen LogP contribution in [0.25, 0.3) is 0 Å². The van der Waals surface area contributed by atoms with Crippen LogP contribution in [0.1, 0.15) is 30.9 Å². The molecule has 2 aliphatic heterocycles. The van der Waals surface area contributed by atoms with Gasteiger partial charge in [0.2, 0.25) is 11.8 Å². The highest BCUT2D eigenvalue weighted by molar-refractivity contribution is 8.01. The highest BCUT2D eigenvalue weighted by atomic mass is 32.2. The maximum Gasteiger partial charge on any atom is 0.330 e. The number of carbonyl (C=O) groups is 4. The molecular weight excluding hydrogens is 394 g/mol. The first-order valence-electron chi connectivity index (χ1n) is 9.47. The van der Waals surface area contributed by atoms with E-state index in [-0.39, 0.29) is 23.2 Å². The zero-order valence-corrected chi connectivity index (χ0v) is 17.6. The maximum atomic E-state index is 12.3. The molecule has 2 aliphatic rings. The monoisotopic (exact) mass is 419 g/mol. The van der Waals surface area contributed by atoms with Crippen LogP contribution < -0.4 is 10.6 Å². The molecular formula is C20H25N3O5S.